The largest absolute Gasteiger partial charge is 0.487 e. The van der Waals surface area contributed by atoms with E-state index in [9.17, 15) is 4.79 Å². The third-order valence-electron chi connectivity index (χ3n) is 3.13. The molecule has 120 valence electrons. The van der Waals surface area contributed by atoms with Crippen LogP contribution in [0.25, 0.3) is 0 Å². The number of hydrogen-bond donors (Lipinski definition) is 0. The molecule has 0 aliphatic rings. The summed E-state index contributed by atoms with van der Waals surface area (Å²) in [4.78, 5) is 16.0. The fourth-order valence-corrected chi connectivity index (χ4v) is 2.18. The lowest BCUT2D eigenvalue weighted by atomic mass is 10.1. The summed E-state index contributed by atoms with van der Waals surface area (Å²) in [6.07, 6.45) is 0.432. The summed E-state index contributed by atoms with van der Waals surface area (Å²) in [7, 11) is 1.49. The number of hydrogen-bond acceptors (Lipinski definition) is 4. The van der Waals surface area contributed by atoms with Crippen molar-refractivity contribution in [2.45, 2.75) is 13.3 Å². The van der Waals surface area contributed by atoms with Crippen LogP contribution in [0, 0.1) is 0 Å². The van der Waals surface area contributed by atoms with Crippen LogP contribution in [0.1, 0.15) is 18.1 Å². The molecule has 0 fully saturated rings. The van der Waals surface area contributed by atoms with Gasteiger partial charge in [0.25, 0.3) is 0 Å². The van der Waals surface area contributed by atoms with Gasteiger partial charge in [0.1, 0.15) is 31.0 Å². The van der Waals surface area contributed by atoms with Crippen molar-refractivity contribution in [2.24, 2.45) is 5.16 Å². The van der Waals surface area contributed by atoms with Gasteiger partial charge in [0.2, 0.25) is 0 Å². The number of oxime groups is 1. The first kappa shape index (κ1) is 17.0. The number of ketones is 1. The van der Waals surface area contributed by atoms with E-state index in [1.54, 1.807) is 19.1 Å². The topological polar surface area (TPSA) is 47.9 Å². The van der Waals surface area contributed by atoms with Crippen molar-refractivity contribution in [3.63, 3.8) is 0 Å². The average molecular weight is 332 g/mol. The van der Waals surface area contributed by atoms with Crippen molar-refractivity contribution in [2.75, 3.05) is 13.7 Å². The number of ether oxygens (including phenoxy) is 1. The zero-order valence-electron chi connectivity index (χ0n) is 13.1. The lowest BCUT2D eigenvalue weighted by Crippen LogP contribution is -2.13. The summed E-state index contributed by atoms with van der Waals surface area (Å²) >= 11 is 5.89. The highest BCUT2D eigenvalue weighted by molar-refractivity contribution is 6.30. The molecule has 0 aliphatic heterocycles. The first-order chi connectivity index (χ1) is 11.1. The zero-order valence-corrected chi connectivity index (χ0v) is 13.8. The van der Waals surface area contributed by atoms with Gasteiger partial charge in [-0.1, -0.05) is 41.0 Å². The van der Waals surface area contributed by atoms with Crippen molar-refractivity contribution in [3.8, 4) is 5.75 Å². The first-order valence-electron chi connectivity index (χ1n) is 7.15. The molecule has 4 nitrogen and oxygen atoms in total. The molecule has 5 heteroatoms. The highest BCUT2D eigenvalue weighted by Gasteiger charge is 2.07. The van der Waals surface area contributed by atoms with Crippen LogP contribution in [0.3, 0.4) is 0 Å². The van der Waals surface area contributed by atoms with Gasteiger partial charge >= 0.3 is 0 Å². The Hall–Kier alpha value is -2.33. The van der Waals surface area contributed by atoms with Crippen LogP contribution in [0.5, 0.6) is 5.75 Å². The Balaban J connectivity index is 2.03. The lowest BCUT2D eigenvalue weighted by molar-refractivity contribution is -0.116. The molecular weight excluding hydrogens is 314 g/mol. The van der Waals surface area contributed by atoms with Gasteiger partial charge in [0.15, 0.2) is 0 Å². The van der Waals surface area contributed by atoms with Crippen LogP contribution in [0.2, 0.25) is 5.02 Å². The van der Waals surface area contributed by atoms with Crippen LogP contribution in [-0.4, -0.2) is 25.2 Å². The second-order valence-electron chi connectivity index (χ2n) is 5.04. The van der Waals surface area contributed by atoms with Crippen molar-refractivity contribution >= 4 is 23.1 Å². The van der Waals surface area contributed by atoms with E-state index in [0.717, 1.165) is 11.1 Å². The summed E-state index contributed by atoms with van der Waals surface area (Å²) in [6.45, 7) is 1.84. The van der Waals surface area contributed by atoms with E-state index in [-0.39, 0.29) is 12.4 Å². The quantitative estimate of drug-likeness (QED) is 0.571. The summed E-state index contributed by atoms with van der Waals surface area (Å²) in [5.74, 6) is 0.839. The SMILES string of the molecule is CON=C(COc1ccc(CC(C)=O)cc1)c1ccc(Cl)cc1. The minimum atomic E-state index is 0.135. The van der Waals surface area contributed by atoms with Gasteiger partial charge in [-0.25, -0.2) is 0 Å². The van der Waals surface area contributed by atoms with Gasteiger partial charge in [0.05, 0.1) is 0 Å². The lowest BCUT2D eigenvalue weighted by Gasteiger charge is -2.09. The maximum absolute atomic E-state index is 11.1. The molecule has 0 atom stereocenters. The molecule has 0 amide bonds. The Bertz CT molecular complexity index is 678. The molecule has 0 heterocycles. The number of carbonyl (C=O) groups is 1. The Morgan fingerprint density at radius 1 is 1.09 bits per heavy atom. The second-order valence-corrected chi connectivity index (χ2v) is 5.48. The summed E-state index contributed by atoms with van der Waals surface area (Å²) in [6, 6.07) is 14.7. The third kappa shape index (κ3) is 5.42. The van der Waals surface area contributed by atoms with E-state index < -0.39 is 0 Å². The number of benzene rings is 2. The van der Waals surface area contributed by atoms with Crippen LogP contribution in [0.4, 0.5) is 0 Å². The standard InChI is InChI=1S/C18H18ClNO3/c1-13(21)11-14-3-9-17(10-4-14)23-12-18(20-22-2)15-5-7-16(19)8-6-15/h3-10H,11-12H2,1-2H3. The zero-order chi connectivity index (χ0) is 16.7. The van der Waals surface area contributed by atoms with Gasteiger partial charge < -0.3 is 9.57 Å². The van der Waals surface area contributed by atoms with Crippen LogP contribution in [-0.2, 0) is 16.1 Å². The molecule has 0 unspecified atom stereocenters. The number of halogens is 1. The van der Waals surface area contributed by atoms with E-state index in [1.165, 1.54) is 7.11 Å². The number of carbonyl (C=O) groups excluding carboxylic acids is 1. The van der Waals surface area contributed by atoms with Gasteiger partial charge in [-0.15, -0.1) is 0 Å². The fourth-order valence-electron chi connectivity index (χ4n) is 2.06. The minimum absolute atomic E-state index is 0.135. The van der Waals surface area contributed by atoms with E-state index >= 15 is 0 Å². The average Bonchev–Trinajstić information content (AvgIpc) is 2.53. The maximum atomic E-state index is 11.1. The smallest absolute Gasteiger partial charge is 0.134 e. The molecule has 0 aliphatic carbocycles. The molecule has 0 saturated heterocycles. The molecule has 0 saturated carbocycles. The Kier molecular flexibility index (Phi) is 6.18. The first-order valence-corrected chi connectivity index (χ1v) is 7.53. The van der Waals surface area contributed by atoms with Gasteiger partial charge in [-0.3, -0.25) is 4.79 Å². The van der Waals surface area contributed by atoms with E-state index in [4.69, 9.17) is 21.2 Å². The second kappa shape index (κ2) is 8.34. The molecule has 0 bridgehead atoms. The Morgan fingerprint density at radius 2 is 1.74 bits per heavy atom. The summed E-state index contributed by atoms with van der Waals surface area (Å²) in [5, 5.41) is 4.66. The van der Waals surface area contributed by atoms with E-state index in [1.807, 2.05) is 36.4 Å². The van der Waals surface area contributed by atoms with Crippen LogP contribution < -0.4 is 4.74 Å². The van der Waals surface area contributed by atoms with Crippen molar-refractivity contribution in [3.05, 3.63) is 64.7 Å². The molecule has 0 radical (unpaired) electrons. The van der Waals surface area contributed by atoms with Gasteiger partial charge in [-0.2, -0.15) is 0 Å². The predicted octanol–water partition coefficient (Wildman–Crippen LogP) is 3.90. The monoisotopic (exact) mass is 331 g/mol. The molecule has 2 rings (SSSR count). The third-order valence-corrected chi connectivity index (χ3v) is 3.38. The predicted molar refractivity (Wildman–Crippen MR) is 91.3 cm³/mol. The molecule has 0 aromatic heterocycles. The summed E-state index contributed by atoms with van der Waals surface area (Å²) < 4.78 is 5.74. The normalized spacial score (nSPS) is 11.2. The highest BCUT2D eigenvalue weighted by atomic mass is 35.5. The molecule has 0 spiro atoms. The highest BCUT2D eigenvalue weighted by Crippen LogP contribution is 2.15. The molecule has 0 N–H and O–H groups in total. The number of Topliss-reactive ketones (excluding diaryl/α,β-unsaturated/α-hetero) is 1. The van der Waals surface area contributed by atoms with Gasteiger partial charge in [0, 0.05) is 17.0 Å². The Labute approximate surface area is 140 Å². The van der Waals surface area contributed by atoms with Crippen molar-refractivity contribution in [1.82, 2.24) is 0 Å². The molecular formula is C18H18ClNO3. The van der Waals surface area contributed by atoms with E-state index in [2.05, 4.69) is 5.16 Å². The summed E-state index contributed by atoms with van der Waals surface area (Å²) in [5.41, 5.74) is 2.51. The Morgan fingerprint density at radius 3 is 2.30 bits per heavy atom. The van der Waals surface area contributed by atoms with E-state index in [0.29, 0.717) is 22.9 Å². The fraction of sp³-hybridized carbons (Fsp3) is 0.222. The van der Waals surface area contributed by atoms with Crippen LogP contribution >= 0.6 is 11.6 Å². The van der Waals surface area contributed by atoms with Crippen molar-refractivity contribution in [1.29, 1.82) is 0 Å². The minimum Gasteiger partial charge on any atom is -0.487 e. The molecule has 2 aromatic carbocycles. The molecule has 2 aromatic rings. The van der Waals surface area contributed by atoms with Crippen molar-refractivity contribution < 1.29 is 14.4 Å². The number of nitrogens with zero attached hydrogens (tertiary/aromatic N) is 1. The maximum Gasteiger partial charge on any atom is 0.134 e. The van der Waals surface area contributed by atoms with Gasteiger partial charge in [-0.05, 0) is 36.8 Å². The number of rotatable bonds is 7. The van der Waals surface area contributed by atoms with Crippen LogP contribution in [0.15, 0.2) is 53.7 Å². The molecule has 23 heavy (non-hydrogen) atoms.